The first-order valence-electron chi connectivity index (χ1n) is 6.04. The highest BCUT2D eigenvalue weighted by Gasteiger charge is 2.32. The average molecular weight is 278 g/mol. The Hall–Kier alpha value is 0.330. The zero-order chi connectivity index (χ0) is 13.8. The lowest BCUT2D eigenvalue weighted by Crippen LogP contribution is -2.37. The number of rotatable bonds is 5. The van der Waals surface area contributed by atoms with E-state index in [1.54, 1.807) is 11.8 Å². The summed E-state index contributed by atoms with van der Waals surface area (Å²) in [7, 11) is 0. The highest BCUT2D eigenvalue weighted by atomic mass is 32.2. The molecular weight excluding hydrogens is 252 g/mol. The molecule has 0 amide bonds. The fraction of sp³-hybridized carbons (Fsp3) is 0.923. The fourth-order valence-electron chi connectivity index (χ4n) is 1.62. The Bertz CT molecular complexity index is 246. The van der Waals surface area contributed by atoms with E-state index >= 15 is 0 Å². The maximum absolute atomic E-state index is 12.0. The summed E-state index contributed by atoms with van der Waals surface area (Å²) in [5.41, 5.74) is 0. The number of aliphatic hydroxyl groups excluding tert-OH is 1. The summed E-state index contributed by atoms with van der Waals surface area (Å²) in [6.07, 6.45) is 1.43. The van der Waals surface area contributed by atoms with Crippen molar-refractivity contribution in [3.8, 4) is 0 Å². The summed E-state index contributed by atoms with van der Waals surface area (Å²) in [5.74, 6) is 0.0639. The minimum absolute atomic E-state index is 0.0856. The monoisotopic (exact) mass is 278 g/mol. The van der Waals surface area contributed by atoms with Gasteiger partial charge in [-0.25, -0.2) is 0 Å². The van der Waals surface area contributed by atoms with Crippen molar-refractivity contribution in [1.29, 1.82) is 0 Å². The summed E-state index contributed by atoms with van der Waals surface area (Å²) < 4.78 is -0.0856. The molecule has 0 unspecified atom stereocenters. The van der Waals surface area contributed by atoms with Crippen molar-refractivity contribution >= 4 is 28.6 Å². The third-order valence-electron chi connectivity index (χ3n) is 2.56. The predicted octanol–water partition coefficient (Wildman–Crippen LogP) is 3.43. The van der Waals surface area contributed by atoms with Gasteiger partial charge in [-0.05, 0) is 12.2 Å². The van der Waals surface area contributed by atoms with Gasteiger partial charge in [-0.2, -0.15) is 11.8 Å². The van der Waals surface area contributed by atoms with Crippen LogP contribution < -0.4 is 0 Å². The summed E-state index contributed by atoms with van der Waals surface area (Å²) in [4.78, 5) is 12.0. The third-order valence-corrected chi connectivity index (χ3v) is 5.11. The van der Waals surface area contributed by atoms with E-state index in [4.69, 9.17) is 0 Å². The summed E-state index contributed by atoms with van der Waals surface area (Å²) in [6, 6.07) is 0. The molecule has 0 radical (unpaired) electrons. The Morgan fingerprint density at radius 2 is 1.65 bits per heavy atom. The number of hydrogen-bond acceptors (Lipinski definition) is 4. The molecule has 1 N–H and O–H groups in total. The van der Waals surface area contributed by atoms with Crippen LogP contribution in [0.1, 0.15) is 41.5 Å². The SMILES string of the molecule is CS[C@H](C(C)C)[C@@H](O)[C@@H](C)C(=O)SC(C)(C)C. The van der Waals surface area contributed by atoms with E-state index in [0.29, 0.717) is 5.92 Å². The first-order valence-corrected chi connectivity index (χ1v) is 8.14. The van der Waals surface area contributed by atoms with Gasteiger partial charge in [0.25, 0.3) is 0 Å². The number of hydrogen-bond donors (Lipinski definition) is 1. The molecule has 0 aliphatic carbocycles. The highest BCUT2D eigenvalue weighted by Crippen LogP contribution is 2.31. The number of carbonyl (C=O) groups excluding carboxylic acids is 1. The number of aliphatic hydroxyl groups is 1. The van der Waals surface area contributed by atoms with Crippen LogP contribution in [-0.2, 0) is 4.79 Å². The van der Waals surface area contributed by atoms with Gasteiger partial charge in [0.1, 0.15) is 0 Å². The van der Waals surface area contributed by atoms with Crippen LogP contribution in [0.2, 0.25) is 0 Å². The van der Waals surface area contributed by atoms with Crippen LogP contribution in [0.15, 0.2) is 0 Å². The zero-order valence-corrected chi connectivity index (χ0v) is 13.6. The molecule has 0 saturated carbocycles. The van der Waals surface area contributed by atoms with Crippen molar-refractivity contribution in [3.05, 3.63) is 0 Å². The second kappa shape index (κ2) is 7.05. The molecular formula is C13H26O2S2. The Balaban J connectivity index is 4.58. The van der Waals surface area contributed by atoms with E-state index in [1.807, 2.05) is 34.0 Å². The van der Waals surface area contributed by atoms with Crippen LogP contribution in [0, 0.1) is 11.8 Å². The lowest BCUT2D eigenvalue weighted by molar-refractivity contribution is -0.117. The lowest BCUT2D eigenvalue weighted by Gasteiger charge is -2.29. The topological polar surface area (TPSA) is 37.3 Å². The van der Waals surface area contributed by atoms with Gasteiger partial charge in [-0.1, -0.05) is 53.3 Å². The molecule has 0 spiro atoms. The fourth-order valence-corrected chi connectivity index (χ4v) is 3.61. The smallest absolute Gasteiger partial charge is 0.194 e. The van der Waals surface area contributed by atoms with E-state index in [2.05, 4.69) is 13.8 Å². The van der Waals surface area contributed by atoms with Gasteiger partial charge in [-0.3, -0.25) is 4.79 Å². The van der Waals surface area contributed by atoms with Gasteiger partial charge in [0.2, 0.25) is 0 Å². The average Bonchev–Trinajstić information content (AvgIpc) is 2.14. The van der Waals surface area contributed by atoms with Gasteiger partial charge in [0.05, 0.1) is 12.0 Å². The van der Waals surface area contributed by atoms with Crippen LogP contribution in [0.3, 0.4) is 0 Å². The van der Waals surface area contributed by atoms with Gasteiger partial charge >= 0.3 is 0 Å². The van der Waals surface area contributed by atoms with E-state index in [1.165, 1.54) is 11.8 Å². The second-order valence-corrected chi connectivity index (χ2v) is 8.60. The normalized spacial score (nSPS) is 17.9. The van der Waals surface area contributed by atoms with E-state index < -0.39 is 6.10 Å². The molecule has 0 heterocycles. The van der Waals surface area contributed by atoms with Crippen molar-refractivity contribution in [2.45, 2.75) is 57.6 Å². The molecule has 0 rings (SSSR count). The van der Waals surface area contributed by atoms with Crippen molar-refractivity contribution in [3.63, 3.8) is 0 Å². The Labute approximate surface area is 114 Å². The molecule has 102 valence electrons. The zero-order valence-electron chi connectivity index (χ0n) is 12.0. The Morgan fingerprint density at radius 3 is 1.94 bits per heavy atom. The van der Waals surface area contributed by atoms with Gasteiger partial charge in [-0.15, -0.1) is 0 Å². The Morgan fingerprint density at radius 1 is 1.18 bits per heavy atom. The van der Waals surface area contributed by atoms with Crippen molar-refractivity contribution in [2.24, 2.45) is 11.8 Å². The van der Waals surface area contributed by atoms with Crippen molar-refractivity contribution in [1.82, 2.24) is 0 Å². The van der Waals surface area contributed by atoms with Gasteiger partial charge in [0, 0.05) is 10.00 Å². The quantitative estimate of drug-likeness (QED) is 0.836. The minimum Gasteiger partial charge on any atom is -0.391 e. The van der Waals surface area contributed by atoms with Crippen LogP contribution in [0.25, 0.3) is 0 Å². The maximum atomic E-state index is 12.0. The molecule has 0 aromatic heterocycles. The van der Waals surface area contributed by atoms with Crippen molar-refractivity contribution < 1.29 is 9.90 Å². The van der Waals surface area contributed by atoms with Crippen LogP contribution in [0.5, 0.6) is 0 Å². The molecule has 0 aromatic carbocycles. The standard InChI is InChI=1S/C13H26O2S2/c1-8(2)11(16-7)10(14)9(3)12(15)17-13(4,5)6/h8-11,14H,1-7H3/t9-,10+,11-/m1/s1. The lowest BCUT2D eigenvalue weighted by atomic mass is 9.96. The van der Waals surface area contributed by atoms with Gasteiger partial charge < -0.3 is 5.11 Å². The van der Waals surface area contributed by atoms with E-state index in [9.17, 15) is 9.90 Å². The molecule has 0 bridgehead atoms. The van der Waals surface area contributed by atoms with E-state index in [-0.39, 0.29) is 21.0 Å². The largest absolute Gasteiger partial charge is 0.391 e. The minimum atomic E-state index is -0.563. The molecule has 4 heteroatoms. The molecule has 0 aliphatic rings. The number of carbonyl (C=O) groups is 1. The number of thioether (sulfide) groups is 2. The first-order chi connectivity index (χ1) is 7.60. The molecule has 0 aromatic rings. The third kappa shape index (κ3) is 6.16. The summed E-state index contributed by atoms with van der Waals surface area (Å²) >= 11 is 2.96. The summed E-state index contributed by atoms with van der Waals surface area (Å²) in [5, 5.41) is 10.5. The van der Waals surface area contributed by atoms with Crippen LogP contribution >= 0.6 is 23.5 Å². The predicted molar refractivity (Wildman–Crippen MR) is 79.7 cm³/mol. The van der Waals surface area contributed by atoms with Crippen LogP contribution in [0.4, 0.5) is 0 Å². The molecule has 17 heavy (non-hydrogen) atoms. The van der Waals surface area contributed by atoms with Gasteiger partial charge in [0.15, 0.2) is 5.12 Å². The molecule has 0 fully saturated rings. The molecule has 2 nitrogen and oxygen atoms in total. The maximum Gasteiger partial charge on any atom is 0.194 e. The molecule has 0 saturated heterocycles. The second-order valence-electron chi connectivity index (χ2n) is 5.76. The first kappa shape index (κ1) is 17.3. The molecule has 0 aliphatic heterocycles. The summed E-state index contributed by atoms with van der Waals surface area (Å²) in [6.45, 7) is 12.0. The van der Waals surface area contributed by atoms with Crippen LogP contribution in [-0.4, -0.2) is 32.6 Å². The Kier molecular flexibility index (Phi) is 7.19. The molecule has 3 atom stereocenters. The highest BCUT2D eigenvalue weighted by molar-refractivity contribution is 8.14. The van der Waals surface area contributed by atoms with Crippen molar-refractivity contribution in [2.75, 3.05) is 6.26 Å². The van der Waals surface area contributed by atoms with E-state index in [0.717, 1.165) is 0 Å².